The fourth-order valence-corrected chi connectivity index (χ4v) is 3.15. The molecule has 0 aromatic heterocycles. The Hall–Kier alpha value is -2.29. The largest absolute Gasteiger partial charge is 0.315 e. The van der Waals surface area contributed by atoms with Crippen molar-refractivity contribution >= 4 is 17.3 Å². The Morgan fingerprint density at radius 3 is 2.28 bits per heavy atom. The van der Waals surface area contributed by atoms with Gasteiger partial charge in [0.15, 0.2) is 0 Å². The molecule has 1 N–H and O–H groups in total. The predicted octanol–water partition coefficient (Wildman–Crippen LogP) is 5.66. The molecule has 0 amide bonds. The first-order chi connectivity index (χ1) is 11.9. The van der Waals surface area contributed by atoms with Crippen molar-refractivity contribution in [3.8, 4) is 0 Å². The van der Waals surface area contributed by atoms with Gasteiger partial charge in [0.05, 0.1) is 0 Å². The van der Waals surface area contributed by atoms with Crippen LogP contribution in [0.2, 0.25) is 0 Å². The number of hydrogen-bond acceptors (Lipinski definition) is 1. The van der Waals surface area contributed by atoms with E-state index < -0.39 is 0 Å². The van der Waals surface area contributed by atoms with Crippen LogP contribution in [0.5, 0.6) is 0 Å². The predicted molar refractivity (Wildman–Crippen MR) is 110 cm³/mol. The van der Waals surface area contributed by atoms with Crippen molar-refractivity contribution in [3.05, 3.63) is 59.7 Å². The fraction of sp³-hybridized carbons (Fsp3) is 0.409. The number of anilines is 2. The molecule has 0 fully saturated rings. The number of nitrogens with one attached hydrogen (secondary N) is 1. The van der Waals surface area contributed by atoms with Gasteiger partial charge in [0.25, 0.3) is 0 Å². The molecule has 0 heterocycles. The fourth-order valence-electron chi connectivity index (χ4n) is 3.15. The van der Waals surface area contributed by atoms with Gasteiger partial charge in [-0.05, 0) is 55.5 Å². The summed E-state index contributed by atoms with van der Waals surface area (Å²) in [4.78, 5) is 4.09. The molecule has 134 valence electrons. The molecule has 0 atom stereocenters. The number of hydrogen-bond donors (Lipinski definition) is 1. The van der Waals surface area contributed by atoms with Gasteiger partial charge < -0.3 is 9.80 Å². The standard InChI is InChI=1S/C22H31N3/c1-7-18-11-10-12-19(15-18)25(17(4)5)22(23)24(6)21-14-9-8-13-20(21)16(2)3/h8-17,23H,7H2,1-6H3. The highest BCUT2D eigenvalue weighted by Gasteiger charge is 2.22. The summed E-state index contributed by atoms with van der Waals surface area (Å²) < 4.78 is 0. The van der Waals surface area contributed by atoms with E-state index >= 15 is 0 Å². The van der Waals surface area contributed by atoms with E-state index in [0.29, 0.717) is 11.9 Å². The molecule has 0 spiro atoms. The minimum Gasteiger partial charge on any atom is -0.315 e. The second-order valence-electron chi connectivity index (χ2n) is 7.08. The summed E-state index contributed by atoms with van der Waals surface area (Å²) >= 11 is 0. The van der Waals surface area contributed by atoms with E-state index in [1.54, 1.807) is 0 Å². The van der Waals surface area contributed by atoms with Crippen LogP contribution in [0.3, 0.4) is 0 Å². The number of nitrogens with zero attached hydrogens (tertiary/aromatic N) is 2. The van der Waals surface area contributed by atoms with Crippen LogP contribution in [0.1, 0.15) is 51.7 Å². The molecule has 0 bridgehead atoms. The highest BCUT2D eigenvalue weighted by Crippen LogP contribution is 2.28. The first-order valence-corrected chi connectivity index (χ1v) is 9.16. The van der Waals surface area contributed by atoms with Crippen LogP contribution < -0.4 is 9.80 Å². The van der Waals surface area contributed by atoms with Crippen LogP contribution in [0, 0.1) is 5.41 Å². The van der Waals surface area contributed by atoms with E-state index in [9.17, 15) is 0 Å². The van der Waals surface area contributed by atoms with E-state index in [4.69, 9.17) is 5.41 Å². The molecule has 2 aromatic carbocycles. The van der Waals surface area contributed by atoms with Gasteiger partial charge in [-0.1, -0.05) is 51.1 Å². The molecule has 0 aliphatic rings. The van der Waals surface area contributed by atoms with Crippen molar-refractivity contribution in [1.82, 2.24) is 0 Å². The Balaban J connectivity index is 2.41. The van der Waals surface area contributed by atoms with E-state index in [-0.39, 0.29) is 6.04 Å². The van der Waals surface area contributed by atoms with E-state index in [1.807, 2.05) is 18.0 Å². The highest BCUT2D eigenvalue weighted by atomic mass is 15.4. The van der Waals surface area contributed by atoms with Gasteiger partial charge in [0.1, 0.15) is 0 Å². The van der Waals surface area contributed by atoms with Gasteiger partial charge in [-0.2, -0.15) is 0 Å². The smallest absolute Gasteiger partial charge is 0.202 e. The van der Waals surface area contributed by atoms with Crippen LogP contribution >= 0.6 is 0 Å². The zero-order valence-corrected chi connectivity index (χ0v) is 16.4. The number of para-hydroxylation sites is 1. The maximum Gasteiger partial charge on any atom is 0.202 e. The van der Waals surface area contributed by atoms with Crippen molar-refractivity contribution in [3.63, 3.8) is 0 Å². The zero-order chi connectivity index (χ0) is 18.6. The highest BCUT2D eigenvalue weighted by molar-refractivity contribution is 6.05. The molecular formula is C22H31N3. The molecule has 0 aliphatic heterocycles. The lowest BCUT2D eigenvalue weighted by Gasteiger charge is -2.35. The maximum absolute atomic E-state index is 8.87. The zero-order valence-electron chi connectivity index (χ0n) is 16.4. The topological polar surface area (TPSA) is 30.3 Å². The molecule has 0 unspecified atom stereocenters. The maximum atomic E-state index is 8.87. The molecule has 0 saturated carbocycles. The minimum absolute atomic E-state index is 0.202. The summed E-state index contributed by atoms with van der Waals surface area (Å²) in [5.74, 6) is 0.915. The number of rotatable bonds is 5. The molecule has 2 aromatic rings. The summed E-state index contributed by atoms with van der Waals surface area (Å²) in [7, 11) is 1.99. The Morgan fingerprint density at radius 1 is 1.00 bits per heavy atom. The third kappa shape index (κ3) is 4.22. The number of benzene rings is 2. The lowest BCUT2D eigenvalue weighted by molar-refractivity contribution is 0.790. The van der Waals surface area contributed by atoms with Crippen molar-refractivity contribution in [2.45, 2.75) is 53.0 Å². The van der Waals surface area contributed by atoms with Crippen molar-refractivity contribution in [1.29, 1.82) is 5.41 Å². The average Bonchev–Trinajstić information content (AvgIpc) is 2.61. The van der Waals surface area contributed by atoms with Crippen LogP contribution in [0.25, 0.3) is 0 Å². The van der Waals surface area contributed by atoms with Gasteiger partial charge in [-0.3, -0.25) is 5.41 Å². The summed E-state index contributed by atoms with van der Waals surface area (Å²) in [6.07, 6.45) is 0.999. The Morgan fingerprint density at radius 2 is 1.68 bits per heavy atom. The second kappa shape index (κ2) is 8.19. The molecule has 0 saturated heterocycles. The Labute approximate surface area is 152 Å². The van der Waals surface area contributed by atoms with Crippen LogP contribution in [-0.4, -0.2) is 19.0 Å². The molecule has 25 heavy (non-hydrogen) atoms. The van der Waals surface area contributed by atoms with Crippen LogP contribution in [0.15, 0.2) is 48.5 Å². The SMILES string of the molecule is CCc1cccc(N(C(=N)N(C)c2ccccc2C(C)C)C(C)C)c1. The third-order valence-electron chi connectivity index (χ3n) is 4.58. The van der Waals surface area contributed by atoms with Gasteiger partial charge in [-0.25, -0.2) is 0 Å². The quantitative estimate of drug-likeness (QED) is 0.564. The van der Waals surface area contributed by atoms with Crippen molar-refractivity contribution < 1.29 is 0 Å². The molecule has 3 nitrogen and oxygen atoms in total. The first-order valence-electron chi connectivity index (χ1n) is 9.16. The minimum atomic E-state index is 0.202. The van der Waals surface area contributed by atoms with E-state index in [0.717, 1.165) is 17.8 Å². The number of guanidine groups is 1. The molecule has 0 aliphatic carbocycles. The first kappa shape index (κ1) is 19.0. The lowest BCUT2D eigenvalue weighted by Crippen LogP contribution is -2.46. The summed E-state index contributed by atoms with van der Waals surface area (Å²) in [6, 6.07) is 17.1. The third-order valence-corrected chi connectivity index (χ3v) is 4.58. The average molecular weight is 338 g/mol. The second-order valence-corrected chi connectivity index (χ2v) is 7.08. The molecular weight excluding hydrogens is 306 g/mol. The van der Waals surface area contributed by atoms with Gasteiger partial charge in [0.2, 0.25) is 5.96 Å². The molecule has 0 radical (unpaired) electrons. The summed E-state index contributed by atoms with van der Waals surface area (Å²) in [5, 5.41) is 8.87. The molecule has 3 heteroatoms. The van der Waals surface area contributed by atoms with E-state index in [1.165, 1.54) is 11.1 Å². The Kier molecular flexibility index (Phi) is 6.24. The van der Waals surface area contributed by atoms with Crippen molar-refractivity contribution in [2.24, 2.45) is 0 Å². The summed E-state index contributed by atoms with van der Waals surface area (Å²) in [6.45, 7) is 10.8. The summed E-state index contributed by atoms with van der Waals surface area (Å²) in [5.41, 5.74) is 4.73. The van der Waals surface area contributed by atoms with Gasteiger partial charge in [0, 0.05) is 24.5 Å². The van der Waals surface area contributed by atoms with Crippen LogP contribution in [-0.2, 0) is 6.42 Å². The normalized spacial score (nSPS) is 11.0. The van der Waals surface area contributed by atoms with E-state index in [2.05, 4.69) is 82.0 Å². The lowest BCUT2D eigenvalue weighted by atomic mass is 10.0. The number of aryl methyl sites for hydroxylation is 1. The van der Waals surface area contributed by atoms with Gasteiger partial charge in [-0.15, -0.1) is 0 Å². The van der Waals surface area contributed by atoms with Crippen molar-refractivity contribution in [2.75, 3.05) is 16.8 Å². The monoisotopic (exact) mass is 337 g/mol. The molecule has 2 rings (SSSR count). The Bertz CT molecular complexity index is 719. The van der Waals surface area contributed by atoms with Gasteiger partial charge >= 0.3 is 0 Å². The van der Waals surface area contributed by atoms with Crippen LogP contribution in [0.4, 0.5) is 11.4 Å².